The molecule has 0 aliphatic rings. The highest BCUT2D eigenvalue weighted by molar-refractivity contribution is 7.14. The van der Waals surface area contributed by atoms with E-state index in [4.69, 9.17) is 9.84 Å². The number of hydrogen-bond donors (Lipinski definition) is 2. The molecule has 2 aromatic rings. The first-order chi connectivity index (χ1) is 9.92. The smallest absolute Gasteiger partial charge is 0.335 e. The number of nitrogens with one attached hydrogen (secondary N) is 1. The van der Waals surface area contributed by atoms with Gasteiger partial charge < -0.3 is 15.2 Å². The zero-order valence-corrected chi connectivity index (χ0v) is 12.7. The predicted molar refractivity (Wildman–Crippen MR) is 81.7 cm³/mol. The van der Waals surface area contributed by atoms with Crippen molar-refractivity contribution >= 4 is 28.9 Å². The molecule has 0 unspecified atom stereocenters. The highest BCUT2D eigenvalue weighted by Gasteiger charge is 2.15. The van der Waals surface area contributed by atoms with Crippen molar-refractivity contribution < 1.29 is 19.4 Å². The van der Waals surface area contributed by atoms with Crippen LogP contribution in [0.1, 0.15) is 30.5 Å². The van der Waals surface area contributed by atoms with Crippen LogP contribution in [-0.4, -0.2) is 24.1 Å². The second-order valence-electron chi connectivity index (χ2n) is 4.52. The fraction of sp³-hybridized carbons (Fsp3) is 0.200. The van der Waals surface area contributed by atoms with Crippen molar-refractivity contribution in [3.8, 4) is 5.75 Å². The summed E-state index contributed by atoms with van der Waals surface area (Å²) in [4.78, 5) is 24.9. The van der Waals surface area contributed by atoms with E-state index in [1.54, 1.807) is 0 Å². The number of carboxylic acids is 1. The number of ether oxygens (including phenoxy) is 1. The molecular formula is C15H15NO4S. The van der Waals surface area contributed by atoms with Gasteiger partial charge in [0.2, 0.25) is 0 Å². The van der Waals surface area contributed by atoms with Gasteiger partial charge in [0.1, 0.15) is 5.75 Å². The molecule has 0 aliphatic carbocycles. The molecule has 1 aromatic carbocycles. The normalized spacial score (nSPS) is 10.2. The van der Waals surface area contributed by atoms with Crippen molar-refractivity contribution in [2.45, 2.75) is 13.8 Å². The first kappa shape index (κ1) is 15.1. The summed E-state index contributed by atoms with van der Waals surface area (Å²) >= 11 is 1.40. The van der Waals surface area contributed by atoms with E-state index < -0.39 is 5.97 Å². The molecule has 0 saturated heterocycles. The molecule has 0 aliphatic heterocycles. The SMILES string of the molecule is COc1ccc(C(=O)O)cc1NC(=O)c1cc(C)c(C)s1. The van der Waals surface area contributed by atoms with Crippen molar-refractivity contribution in [2.75, 3.05) is 12.4 Å². The number of amides is 1. The second-order valence-corrected chi connectivity index (χ2v) is 5.78. The maximum atomic E-state index is 12.2. The number of anilines is 1. The number of aryl methyl sites for hydroxylation is 2. The molecule has 1 aromatic heterocycles. The van der Waals surface area contributed by atoms with Crippen LogP contribution in [0.15, 0.2) is 24.3 Å². The van der Waals surface area contributed by atoms with Crippen LogP contribution in [-0.2, 0) is 0 Å². The van der Waals surface area contributed by atoms with E-state index in [9.17, 15) is 9.59 Å². The maximum Gasteiger partial charge on any atom is 0.335 e. The standard InChI is InChI=1S/C15H15NO4S/c1-8-6-13(21-9(8)2)14(17)16-11-7-10(15(18)19)4-5-12(11)20-3/h4-7H,1-3H3,(H,16,17)(H,18,19). The van der Waals surface area contributed by atoms with Crippen LogP contribution in [0.4, 0.5) is 5.69 Å². The van der Waals surface area contributed by atoms with Crippen LogP contribution < -0.4 is 10.1 Å². The molecule has 0 fully saturated rings. The molecule has 1 amide bonds. The Morgan fingerprint density at radius 3 is 2.48 bits per heavy atom. The van der Waals surface area contributed by atoms with E-state index in [0.29, 0.717) is 16.3 Å². The summed E-state index contributed by atoms with van der Waals surface area (Å²) in [6.07, 6.45) is 0. The first-order valence-electron chi connectivity index (χ1n) is 6.22. The highest BCUT2D eigenvalue weighted by atomic mass is 32.1. The van der Waals surface area contributed by atoms with Gasteiger partial charge in [-0.1, -0.05) is 0 Å². The first-order valence-corrected chi connectivity index (χ1v) is 7.03. The van der Waals surface area contributed by atoms with Gasteiger partial charge in [0.25, 0.3) is 5.91 Å². The molecule has 0 radical (unpaired) electrons. The molecule has 2 rings (SSSR count). The minimum Gasteiger partial charge on any atom is -0.495 e. The van der Waals surface area contributed by atoms with Crippen LogP contribution in [0.5, 0.6) is 5.75 Å². The van der Waals surface area contributed by atoms with Crippen LogP contribution in [0, 0.1) is 13.8 Å². The van der Waals surface area contributed by atoms with Crippen LogP contribution in [0.3, 0.4) is 0 Å². The number of carboxylic acid groups (broad SMARTS) is 1. The molecule has 0 spiro atoms. The van der Waals surface area contributed by atoms with Gasteiger partial charge in [-0.3, -0.25) is 4.79 Å². The zero-order chi connectivity index (χ0) is 15.6. The van der Waals surface area contributed by atoms with E-state index in [-0.39, 0.29) is 11.5 Å². The Morgan fingerprint density at radius 2 is 1.95 bits per heavy atom. The predicted octanol–water partition coefficient (Wildman–Crippen LogP) is 3.32. The number of carbonyl (C=O) groups excluding carboxylic acids is 1. The highest BCUT2D eigenvalue weighted by Crippen LogP contribution is 2.27. The summed E-state index contributed by atoms with van der Waals surface area (Å²) in [7, 11) is 1.46. The summed E-state index contributed by atoms with van der Waals surface area (Å²) in [5, 5.41) is 11.7. The molecule has 21 heavy (non-hydrogen) atoms. The van der Waals surface area contributed by atoms with Crippen LogP contribution >= 0.6 is 11.3 Å². The number of rotatable bonds is 4. The van der Waals surface area contributed by atoms with Crippen LogP contribution in [0.2, 0.25) is 0 Å². The summed E-state index contributed by atoms with van der Waals surface area (Å²) in [6.45, 7) is 3.89. The van der Waals surface area contributed by atoms with Gasteiger partial charge in [-0.15, -0.1) is 11.3 Å². The maximum absolute atomic E-state index is 12.2. The van der Waals surface area contributed by atoms with E-state index in [1.165, 1.54) is 36.6 Å². The van der Waals surface area contributed by atoms with E-state index in [2.05, 4.69) is 5.32 Å². The molecule has 110 valence electrons. The third-order valence-corrected chi connectivity index (χ3v) is 4.24. The Bertz CT molecular complexity index is 686. The Hall–Kier alpha value is -2.34. The molecule has 5 nitrogen and oxygen atoms in total. The number of aromatic carboxylic acids is 1. The number of thiophene rings is 1. The molecule has 1 heterocycles. The largest absolute Gasteiger partial charge is 0.495 e. The van der Waals surface area contributed by atoms with Gasteiger partial charge in [-0.25, -0.2) is 4.79 Å². The molecule has 2 N–H and O–H groups in total. The van der Waals surface area contributed by atoms with Gasteiger partial charge in [0.15, 0.2) is 0 Å². The molecule has 0 bridgehead atoms. The molecule has 6 heteroatoms. The summed E-state index contributed by atoms with van der Waals surface area (Å²) in [5.41, 5.74) is 1.48. The lowest BCUT2D eigenvalue weighted by atomic mass is 10.2. The lowest BCUT2D eigenvalue weighted by Gasteiger charge is -2.10. The van der Waals surface area contributed by atoms with E-state index in [1.807, 2.05) is 19.9 Å². The van der Waals surface area contributed by atoms with E-state index >= 15 is 0 Å². The Balaban J connectivity index is 2.31. The lowest BCUT2D eigenvalue weighted by molar-refractivity contribution is 0.0696. The fourth-order valence-electron chi connectivity index (χ4n) is 1.81. The molecular weight excluding hydrogens is 290 g/mol. The average Bonchev–Trinajstić information content (AvgIpc) is 2.78. The summed E-state index contributed by atoms with van der Waals surface area (Å²) in [6, 6.07) is 6.13. The number of benzene rings is 1. The number of hydrogen-bond acceptors (Lipinski definition) is 4. The summed E-state index contributed by atoms with van der Waals surface area (Å²) in [5.74, 6) is -0.925. The van der Waals surface area contributed by atoms with Gasteiger partial charge in [0, 0.05) is 4.88 Å². The van der Waals surface area contributed by atoms with Crippen molar-refractivity contribution in [2.24, 2.45) is 0 Å². The topological polar surface area (TPSA) is 75.6 Å². The van der Waals surface area contributed by atoms with Crippen molar-refractivity contribution in [1.82, 2.24) is 0 Å². The average molecular weight is 305 g/mol. The molecule has 0 saturated carbocycles. The Labute approximate surface area is 126 Å². The van der Waals surface area contributed by atoms with Crippen LogP contribution in [0.25, 0.3) is 0 Å². The van der Waals surface area contributed by atoms with Crippen molar-refractivity contribution in [1.29, 1.82) is 0 Å². The van der Waals surface area contributed by atoms with E-state index in [0.717, 1.165) is 10.4 Å². The van der Waals surface area contributed by atoms with Gasteiger partial charge in [-0.2, -0.15) is 0 Å². The zero-order valence-electron chi connectivity index (χ0n) is 11.9. The second kappa shape index (κ2) is 5.97. The van der Waals surface area contributed by atoms with Gasteiger partial charge >= 0.3 is 5.97 Å². The number of carbonyl (C=O) groups is 2. The lowest BCUT2D eigenvalue weighted by Crippen LogP contribution is -2.12. The quantitative estimate of drug-likeness (QED) is 0.908. The minimum atomic E-state index is -1.06. The summed E-state index contributed by atoms with van der Waals surface area (Å²) < 4.78 is 5.14. The van der Waals surface area contributed by atoms with Gasteiger partial charge in [-0.05, 0) is 43.7 Å². The third-order valence-electron chi connectivity index (χ3n) is 3.08. The molecule has 0 atom stereocenters. The Kier molecular flexibility index (Phi) is 4.28. The van der Waals surface area contributed by atoms with Crippen molar-refractivity contribution in [3.63, 3.8) is 0 Å². The van der Waals surface area contributed by atoms with Crippen molar-refractivity contribution in [3.05, 3.63) is 45.1 Å². The third kappa shape index (κ3) is 3.22. The fourth-order valence-corrected chi connectivity index (χ4v) is 2.74. The Morgan fingerprint density at radius 1 is 1.24 bits per heavy atom. The van der Waals surface area contributed by atoms with Gasteiger partial charge in [0.05, 0.1) is 23.2 Å². The monoisotopic (exact) mass is 305 g/mol. The minimum absolute atomic E-state index is 0.0876. The number of methoxy groups -OCH3 is 1.